The summed E-state index contributed by atoms with van der Waals surface area (Å²) in [6.07, 6.45) is 0. The monoisotopic (exact) mass is 408 g/mol. The topological polar surface area (TPSA) is 9.23 Å². The molecule has 0 atom stereocenters. The van der Waals surface area contributed by atoms with Gasteiger partial charge in [-0.3, -0.25) is 0 Å². The van der Waals surface area contributed by atoms with Crippen LogP contribution in [0.5, 0.6) is 5.75 Å². The molecule has 30 heavy (non-hydrogen) atoms. The van der Waals surface area contributed by atoms with Crippen molar-refractivity contribution in [2.45, 2.75) is 11.8 Å². The summed E-state index contributed by atoms with van der Waals surface area (Å²) in [4.78, 5) is 2.45. The number of aryl methyl sites for hydroxylation is 1. The summed E-state index contributed by atoms with van der Waals surface area (Å²) in [5.74, 6) is 0.860. The Morgan fingerprint density at radius 2 is 1.13 bits per heavy atom. The Bertz CT molecular complexity index is 1110. The minimum absolute atomic E-state index is 0.860. The largest absolute Gasteiger partial charge is 0.497 e. The molecule has 0 spiro atoms. The maximum absolute atomic E-state index is 5.39. The quantitative estimate of drug-likeness (QED) is 0.239. The zero-order valence-corrected chi connectivity index (χ0v) is 18.0. The SMILES string of the molecule is COc1ccc(/C(=C(/Sc2ccccc2)c2ccc(C)cc2)c2ccccc2)cc1. The van der Waals surface area contributed by atoms with Crippen LogP contribution in [0, 0.1) is 6.92 Å². The van der Waals surface area contributed by atoms with Gasteiger partial charge >= 0.3 is 0 Å². The van der Waals surface area contributed by atoms with E-state index < -0.39 is 0 Å². The van der Waals surface area contributed by atoms with Crippen LogP contribution in [0.3, 0.4) is 0 Å². The van der Waals surface area contributed by atoms with Crippen LogP contribution >= 0.6 is 11.8 Å². The standard InChI is InChI=1S/C28H24OS/c1-21-13-15-24(16-14-21)28(30-26-11-7-4-8-12-26)27(22-9-5-3-6-10-22)23-17-19-25(29-2)20-18-23/h3-20H,1-2H3/b28-27+. The van der Waals surface area contributed by atoms with E-state index in [0.29, 0.717) is 0 Å². The molecule has 0 aromatic heterocycles. The van der Waals surface area contributed by atoms with Gasteiger partial charge in [0.15, 0.2) is 0 Å². The maximum Gasteiger partial charge on any atom is 0.118 e. The van der Waals surface area contributed by atoms with E-state index in [1.54, 1.807) is 18.9 Å². The molecule has 4 aromatic carbocycles. The second-order valence-corrected chi connectivity index (χ2v) is 8.16. The van der Waals surface area contributed by atoms with Gasteiger partial charge < -0.3 is 4.74 Å². The fraction of sp³-hybridized carbons (Fsp3) is 0.0714. The number of methoxy groups -OCH3 is 1. The van der Waals surface area contributed by atoms with Gasteiger partial charge in [0.2, 0.25) is 0 Å². The maximum atomic E-state index is 5.39. The van der Waals surface area contributed by atoms with Crippen LogP contribution in [-0.2, 0) is 0 Å². The molecule has 0 heterocycles. The smallest absolute Gasteiger partial charge is 0.118 e. The molecule has 2 heteroatoms. The molecule has 0 aliphatic heterocycles. The number of rotatable bonds is 6. The summed E-state index contributed by atoms with van der Waals surface area (Å²) < 4.78 is 5.39. The van der Waals surface area contributed by atoms with Gasteiger partial charge in [-0.25, -0.2) is 0 Å². The van der Waals surface area contributed by atoms with Crippen molar-refractivity contribution in [3.63, 3.8) is 0 Å². The second kappa shape index (κ2) is 9.51. The fourth-order valence-corrected chi connectivity index (χ4v) is 4.48. The normalized spacial score (nSPS) is 11.7. The molecular formula is C28H24OS. The summed E-state index contributed by atoms with van der Waals surface area (Å²) in [6, 6.07) is 38.3. The first-order valence-electron chi connectivity index (χ1n) is 9.98. The highest BCUT2D eigenvalue weighted by Gasteiger charge is 2.16. The second-order valence-electron chi connectivity index (χ2n) is 7.08. The molecule has 0 aliphatic rings. The van der Waals surface area contributed by atoms with E-state index in [0.717, 1.165) is 5.75 Å². The van der Waals surface area contributed by atoms with E-state index in [9.17, 15) is 0 Å². The Hall–Kier alpha value is -3.23. The predicted octanol–water partition coefficient (Wildman–Crippen LogP) is 7.71. The Morgan fingerprint density at radius 3 is 1.73 bits per heavy atom. The molecule has 0 saturated heterocycles. The van der Waals surface area contributed by atoms with Crippen LogP contribution in [0.25, 0.3) is 10.5 Å². The van der Waals surface area contributed by atoms with E-state index in [-0.39, 0.29) is 0 Å². The van der Waals surface area contributed by atoms with Crippen molar-refractivity contribution in [3.05, 3.63) is 131 Å². The lowest BCUT2D eigenvalue weighted by Gasteiger charge is -2.17. The Labute approximate surface area is 183 Å². The van der Waals surface area contributed by atoms with Gasteiger partial charge in [-0.2, -0.15) is 0 Å². The van der Waals surface area contributed by atoms with Gasteiger partial charge in [0.1, 0.15) is 5.75 Å². The molecule has 4 aromatic rings. The number of ether oxygens (including phenoxy) is 1. The molecule has 0 saturated carbocycles. The highest BCUT2D eigenvalue weighted by atomic mass is 32.2. The number of thioether (sulfide) groups is 1. The van der Waals surface area contributed by atoms with Crippen molar-refractivity contribution in [2.75, 3.05) is 7.11 Å². The number of hydrogen-bond acceptors (Lipinski definition) is 2. The number of benzene rings is 4. The van der Waals surface area contributed by atoms with Gasteiger partial charge in [0.05, 0.1) is 7.11 Å². The summed E-state index contributed by atoms with van der Waals surface area (Å²) >= 11 is 1.80. The van der Waals surface area contributed by atoms with Crippen LogP contribution in [-0.4, -0.2) is 7.11 Å². The van der Waals surface area contributed by atoms with Crippen LogP contribution in [0.1, 0.15) is 22.3 Å². The Kier molecular flexibility index (Phi) is 6.36. The molecule has 0 N–H and O–H groups in total. The Balaban J connectivity index is 1.96. The van der Waals surface area contributed by atoms with Gasteiger partial charge in [-0.15, -0.1) is 0 Å². The molecule has 0 bridgehead atoms. The third kappa shape index (κ3) is 4.67. The van der Waals surface area contributed by atoms with Crippen LogP contribution in [0.2, 0.25) is 0 Å². The predicted molar refractivity (Wildman–Crippen MR) is 129 cm³/mol. The lowest BCUT2D eigenvalue weighted by atomic mass is 9.95. The van der Waals surface area contributed by atoms with E-state index in [2.05, 4.69) is 104 Å². The van der Waals surface area contributed by atoms with Crippen molar-refractivity contribution in [2.24, 2.45) is 0 Å². The van der Waals surface area contributed by atoms with Crippen LogP contribution < -0.4 is 4.74 Å². The van der Waals surface area contributed by atoms with Gasteiger partial charge in [-0.05, 0) is 47.9 Å². The molecule has 0 radical (unpaired) electrons. The highest BCUT2D eigenvalue weighted by molar-refractivity contribution is 8.08. The van der Waals surface area contributed by atoms with Crippen molar-refractivity contribution < 1.29 is 4.74 Å². The highest BCUT2D eigenvalue weighted by Crippen LogP contribution is 2.43. The summed E-state index contributed by atoms with van der Waals surface area (Å²) in [5.41, 5.74) is 6.05. The lowest BCUT2D eigenvalue weighted by Crippen LogP contribution is -1.94. The molecule has 1 nitrogen and oxygen atoms in total. The average molecular weight is 409 g/mol. The van der Waals surface area contributed by atoms with Crippen LogP contribution in [0.4, 0.5) is 0 Å². The first kappa shape index (κ1) is 20.1. The molecule has 4 rings (SSSR count). The number of hydrogen-bond donors (Lipinski definition) is 0. The Morgan fingerprint density at radius 1 is 0.600 bits per heavy atom. The van der Waals surface area contributed by atoms with Gasteiger partial charge in [0.25, 0.3) is 0 Å². The fourth-order valence-electron chi connectivity index (χ4n) is 3.36. The van der Waals surface area contributed by atoms with Crippen molar-refractivity contribution in [1.29, 1.82) is 0 Å². The summed E-state index contributed by atoms with van der Waals surface area (Å²) in [5, 5.41) is 0. The van der Waals surface area contributed by atoms with Crippen LogP contribution in [0.15, 0.2) is 114 Å². The molecule has 0 amide bonds. The lowest BCUT2D eigenvalue weighted by molar-refractivity contribution is 0.415. The summed E-state index contributed by atoms with van der Waals surface area (Å²) in [7, 11) is 1.70. The van der Waals surface area contributed by atoms with Crippen molar-refractivity contribution in [1.82, 2.24) is 0 Å². The first-order valence-corrected chi connectivity index (χ1v) is 10.8. The van der Waals surface area contributed by atoms with Gasteiger partial charge in [-0.1, -0.05) is 102 Å². The van der Waals surface area contributed by atoms with Crippen molar-refractivity contribution >= 4 is 22.2 Å². The zero-order chi connectivity index (χ0) is 20.8. The van der Waals surface area contributed by atoms with E-state index in [1.165, 1.54) is 37.6 Å². The minimum atomic E-state index is 0.860. The van der Waals surface area contributed by atoms with E-state index >= 15 is 0 Å². The van der Waals surface area contributed by atoms with Crippen molar-refractivity contribution in [3.8, 4) is 5.75 Å². The zero-order valence-electron chi connectivity index (χ0n) is 17.2. The van der Waals surface area contributed by atoms with E-state index in [1.807, 2.05) is 12.1 Å². The molecule has 0 aliphatic carbocycles. The first-order chi connectivity index (χ1) is 14.7. The van der Waals surface area contributed by atoms with E-state index in [4.69, 9.17) is 4.74 Å². The average Bonchev–Trinajstić information content (AvgIpc) is 2.81. The van der Waals surface area contributed by atoms with Gasteiger partial charge in [0, 0.05) is 15.4 Å². The minimum Gasteiger partial charge on any atom is -0.497 e. The molecule has 148 valence electrons. The third-order valence-electron chi connectivity index (χ3n) is 4.95. The summed E-state index contributed by atoms with van der Waals surface area (Å²) in [6.45, 7) is 2.12. The third-order valence-corrected chi connectivity index (χ3v) is 6.10. The molecule has 0 fully saturated rings. The molecule has 0 unspecified atom stereocenters. The molecular weight excluding hydrogens is 384 g/mol.